The van der Waals surface area contributed by atoms with Crippen molar-refractivity contribution < 1.29 is 0 Å². The maximum absolute atomic E-state index is 6.08. The van der Waals surface area contributed by atoms with Crippen LogP contribution in [0.1, 0.15) is 42.7 Å². The minimum Gasteiger partial charge on any atom is -0.387 e. The monoisotopic (exact) mass is 228 g/mol. The van der Waals surface area contributed by atoms with Crippen LogP contribution in [0, 0.1) is 5.92 Å². The molecule has 1 saturated carbocycles. The first-order chi connectivity index (χ1) is 8.34. The Morgan fingerprint density at radius 2 is 2.00 bits per heavy atom. The predicted molar refractivity (Wildman–Crippen MR) is 71.3 cm³/mol. The third-order valence-electron chi connectivity index (χ3n) is 4.23. The highest BCUT2D eigenvalue weighted by atomic mass is 14.9. The summed E-state index contributed by atoms with van der Waals surface area (Å²) in [4.78, 5) is 4.62. The average Bonchev–Trinajstić information content (AvgIpc) is 2.83. The molecule has 0 heterocycles. The first kappa shape index (κ1) is 10.8. The van der Waals surface area contributed by atoms with E-state index in [2.05, 4.69) is 29.3 Å². The molecule has 2 heteroatoms. The van der Waals surface area contributed by atoms with E-state index < -0.39 is 0 Å². The molecule has 1 atom stereocenters. The van der Waals surface area contributed by atoms with Crippen LogP contribution in [0.25, 0.3) is 0 Å². The molecule has 17 heavy (non-hydrogen) atoms. The lowest BCUT2D eigenvalue weighted by Gasteiger charge is -2.28. The maximum atomic E-state index is 6.08. The largest absolute Gasteiger partial charge is 0.387 e. The summed E-state index contributed by atoms with van der Waals surface area (Å²) in [7, 11) is 0. The van der Waals surface area contributed by atoms with Crippen molar-refractivity contribution in [3.8, 4) is 0 Å². The zero-order chi connectivity index (χ0) is 11.7. The van der Waals surface area contributed by atoms with Gasteiger partial charge in [0.05, 0.1) is 5.84 Å². The second kappa shape index (κ2) is 4.52. The zero-order valence-corrected chi connectivity index (χ0v) is 10.2. The Balaban J connectivity index is 1.61. The van der Waals surface area contributed by atoms with E-state index in [1.807, 2.05) is 0 Å². The minimum atomic E-state index is 0.574. The van der Waals surface area contributed by atoms with Gasteiger partial charge in [-0.2, -0.15) is 0 Å². The first-order valence-electron chi connectivity index (χ1n) is 6.72. The van der Waals surface area contributed by atoms with E-state index in [0.29, 0.717) is 11.8 Å². The van der Waals surface area contributed by atoms with Crippen LogP contribution in [0.15, 0.2) is 29.3 Å². The molecule has 0 radical (unpaired) electrons. The lowest BCUT2D eigenvalue weighted by atomic mass is 9.78. The Labute approximate surface area is 103 Å². The van der Waals surface area contributed by atoms with E-state index in [4.69, 9.17) is 5.73 Å². The van der Waals surface area contributed by atoms with Crippen molar-refractivity contribution in [3.05, 3.63) is 35.4 Å². The highest BCUT2D eigenvalue weighted by molar-refractivity contribution is 5.83. The average molecular weight is 228 g/mol. The molecule has 0 bridgehead atoms. The summed E-state index contributed by atoms with van der Waals surface area (Å²) in [6.07, 6.45) is 6.32. The molecule has 3 rings (SSSR count). The smallest absolute Gasteiger partial charge is 0.0968 e. The van der Waals surface area contributed by atoms with Crippen molar-refractivity contribution in [2.75, 3.05) is 6.54 Å². The molecule has 2 aliphatic carbocycles. The fraction of sp³-hybridized carbons (Fsp3) is 0.533. The summed E-state index contributed by atoms with van der Waals surface area (Å²) in [5.74, 6) is 2.10. The van der Waals surface area contributed by atoms with E-state index in [-0.39, 0.29) is 0 Å². The summed E-state index contributed by atoms with van der Waals surface area (Å²) >= 11 is 0. The van der Waals surface area contributed by atoms with E-state index in [0.717, 1.165) is 12.4 Å². The second-order valence-electron chi connectivity index (χ2n) is 5.35. The van der Waals surface area contributed by atoms with E-state index >= 15 is 0 Å². The van der Waals surface area contributed by atoms with Crippen LogP contribution in [0.4, 0.5) is 0 Å². The molecule has 1 fully saturated rings. The number of aliphatic imine (C=N–C) groups is 1. The zero-order valence-electron chi connectivity index (χ0n) is 10.2. The van der Waals surface area contributed by atoms with Gasteiger partial charge in [0.15, 0.2) is 0 Å². The third kappa shape index (κ3) is 2.08. The van der Waals surface area contributed by atoms with E-state index in [9.17, 15) is 0 Å². The number of hydrogen-bond acceptors (Lipinski definition) is 1. The fourth-order valence-corrected chi connectivity index (χ4v) is 3.09. The van der Waals surface area contributed by atoms with Gasteiger partial charge in [-0.3, -0.25) is 4.99 Å². The molecule has 0 amide bonds. The number of nitrogens with zero attached hydrogens (tertiary/aromatic N) is 1. The molecule has 2 aliphatic rings. The molecule has 2 nitrogen and oxygen atoms in total. The molecule has 1 unspecified atom stereocenters. The van der Waals surface area contributed by atoms with Gasteiger partial charge in [0.1, 0.15) is 0 Å². The van der Waals surface area contributed by atoms with Gasteiger partial charge < -0.3 is 5.73 Å². The van der Waals surface area contributed by atoms with Crippen molar-refractivity contribution in [1.29, 1.82) is 0 Å². The van der Waals surface area contributed by atoms with Crippen molar-refractivity contribution in [2.24, 2.45) is 16.6 Å². The molecule has 0 aromatic heterocycles. The minimum absolute atomic E-state index is 0.574. The maximum Gasteiger partial charge on any atom is 0.0968 e. The van der Waals surface area contributed by atoms with Crippen LogP contribution in [0.2, 0.25) is 0 Å². The molecule has 90 valence electrons. The molecule has 0 saturated heterocycles. The van der Waals surface area contributed by atoms with Crippen LogP contribution in [-0.2, 0) is 6.42 Å². The number of amidine groups is 1. The SMILES string of the molecule is NC(=NCC1Cc2ccccc21)C1CCCC1. The van der Waals surface area contributed by atoms with Gasteiger partial charge in [0.2, 0.25) is 0 Å². The molecule has 1 aromatic rings. The molecule has 2 N–H and O–H groups in total. The number of nitrogens with two attached hydrogens (primary N) is 1. The second-order valence-corrected chi connectivity index (χ2v) is 5.35. The standard InChI is InChI=1S/C15H20N2/c16-15(11-5-1-2-6-11)17-10-13-9-12-7-3-4-8-14(12)13/h3-4,7-8,11,13H,1-2,5-6,9-10H2,(H2,16,17). The van der Waals surface area contributed by atoms with Crippen molar-refractivity contribution >= 4 is 5.84 Å². The summed E-state index contributed by atoms with van der Waals surface area (Å²) in [6.45, 7) is 0.888. The van der Waals surface area contributed by atoms with Crippen LogP contribution in [0.3, 0.4) is 0 Å². The van der Waals surface area contributed by atoms with Crippen LogP contribution >= 0.6 is 0 Å². The molecule has 1 aromatic carbocycles. The molecule has 0 spiro atoms. The summed E-state index contributed by atoms with van der Waals surface area (Å²) < 4.78 is 0. The van der Waals surface area contributed by atoms with Crippen molar-refractivity contribution in [2.45, 2.75) is 38.0 Å². The van der Waals surface area contributed by atoms with Gasteiger partial charge in [-0.15, -0.1) is 0 Å². The Bertz CT molecular complexity index is 430. The third-order valence-corrected chi connectivity index (χ3v) is 4.23. The van der Waals surface area contributed by atoms with Gasteiger partial charge >= 0.3 is 0 Å². The number of fused-ring (bicyclic) bond motifs is 1. The Morgan fingerprint density at radius 1 is 1.24 bits per heavy atom. The van der Waals surface area contributed by atoms with E-state index in [1.165, 1.54) is 43.2 Å². The number of hydrogen-bond donors (Lipinski definition) is 1. The first-order valence-corrected chi connectivity index (χ1v) is 6.72. The van der Waals surface area contributed by atoms with E-state index in [1.54, 1.807) is 0 Å². The van der Waals surface area contributed by atoms with Crippen LogP contribution in [-0.4, -0.2) is 12.4 Å². The highest BCUT2D eigenvalue weighted by Crippen LogP contribution is 2.35. The molecular weight excluding hydrogens is 208 g/mol. The Hall–Kier alpha value is -1.31. The lowest BCUT2D eigenvalue weighted by Crippen LogP contribution is -2.25. The van der Waals surface area contributed by atoms with Crippen LogP contribution in [0.5, 0.6) is 0 Å². The highest BCUT2D eigenvalue weighted by Gasteiger charge is 2.25. The fourth-order valence-electron chi connectivity index (χ4n) is 3.09. The van der Waals surface area contributed by atoms with Gasteiger partial charge in [0, 0.05) is 18.4 Å². The van der Waals surface area contributed by atoms with Crippen LogP contribution < -0.4 is 5.73 Å². The normalized spacial score (nSPS) is 24.5. The van der Waals surface area contributed by atoms with Gasteiger partial charge in [-0.25, -0.2) is 0 Å². The Morgan fingerprint density at radius 3 is 2.76 bits per heavy atom. The number of benzene rings is 1. The van der Waals surface area contributed by atoms with Crippen molar-refractivity contribution in [1.82, 2.24) is 0 Å². The summed E-state index contributed by atoms with van der Waals surface area (Å²) in [6, 6.07) is 8.68. The lowest BCUT2D eigenvalue weighted by molar-refractivity contribution is 0.612. The molecule has 0 aliphatic heterocycles. The van der Waals surface area contributed by atoms with Gasteiger partial charge in [-0.1, -0.05) is 37.1 Å². The topological polar surface area (TPSA) is 38.4 Å². The number of rotatable bonds is 3. The summed E-state index contributed by atoms with van der Waals surface area (Å²) in [5.41, 5.74) is 9.05. The van der Waals surface area contributed by atoms with Gasteiger partial charge in [0.25, 0.3) is 0 Å². The summed E-state index contributed by atoms with van der Waals surface area (Å²) in [5, 5.41) is 0. The molecular formula is C15H20N2. The quantitative estimate of drug-likeness (QED) is 0.627. The predicted octanol–water partition coefficient (Wildman–Crippen LogP) is 2.87. The van der Waals surface area contributed by atoms with Crippen molar-refractivity contribution in [3.63, 3.8) is 0 Å². The Kier molecular flexibility index (Phi) is 2.87. The van der Waals surface area contributed by atoms with Gasteiger partial charge in [-0.05, 0) is 30.4 Å².